The van der Waals surface area contributed by atoms with Crippen LogP contribution in [0.5, 0.6) is 0 Å². The fourth-order valence-electron chi connectivity index (χ4n) is 3.45. The normalized spacial score (nSPS) is 22.9. The van der Waals surface area contributed by atoms with Gasteiger partial charge < -0.3 is 10.2 Å². The molecule has 25 heavy (non-hydrogen) atoms. The number of amides is 2. The fourth-order valence-corrected chi connectivity index (χ4v) is 5.01. The highest BCUT2D eigenvalue weighted by atomic mass is 32.2. The molecule has 7 nitrogen and oxygen atoms in total. The number of carbonyl (C=O) groups excluding carboxylic acids is 2. The molecule has 0 radical (unpaired) electrons. The van der Waals surface area contributed by atoms with Crippen molar-refractivity contribution in [2.45, 2.75) is 37.8 Å². The van der Waals surface area contributed by atoms with Crippen LogP contribution in [0.2, 0.25) is 0 Å². The van der Waals surface area contributed by atoms with Gasteiger partial charge in [0.2, 0.25) is 15.9 Å². The van der Waals surface area contributed by atoms with Crippen LogP contribution in [0.4, 0.5) is 0 Å². The second-order valence-electron chi connectivity index (χ2n) is 6.58. The lowest BCUT2D eigenvalue weighted by Crippen LogP contribution is -2.51. The Morgan fingerprint density at radius 2 is 1.92 bits per heavy atom. The Balaban J connectivity index is 1.57. The van der Waals surface area contributed by atoms with E-state index in [1.807, 2.05) is 11.4 Å². The van der Waals surface area contributed by atoms with E-state index in [4.69, 9.17) is 0 Å². The predicted octanol–water partition coefficient (Wildman–Crippen LogP) is 0.893. The molecular weight excluding hydrogens is 362 g/mol. The SMILES string of the molecule is CS(=O)(=O)N1CCC(NC(=O)C2CCCN2C(=O)c2cccs2)CC1. The van der Waals surface area contributed by atoms with Gasteiger partial charge in [0, 0.05) is 25.7 Å². The summed E-state index contributed by atoms with van der Waals surface area (Å²) in [5.74, 6) is -0.209. The van der Waals surface area contributed by atoms with E-state index in [0.717, 1.165) is 6.42 Å². The minimum atomic E-state index is -3.17. The van der Waals surface area contributed by atoms with Crippen molar-refractivity contribution in [2.75, 3.05) is 25.9 Å². The predicted molar refractivity (Wildman–Crippen MR) is 96.0 cm³/mol. The molecule has 1 atom stereocenters. The van der Waals surface area contributed by atoms with Gasteiger partial charge in [-0.3, -0.25) is 9.59 Å². The molecule has 9 heteroatoms. The molecule has 1 N–H and O–H groups in total. The molecule has 0 saturated carbocycles. The minimum absolute atomic E-state index is 0.0372. The van der Waals surface area contributed by atoms with E-state index in [0.29, 0.717) is 43.8 Å². The average Bonchev–Trinajstić information content (AvgIpc) is 3.25. The van der Waals surface area contributed by atoms with Gasteiger partial charge in [-0.15, -0.1) is 11.3 Å². The van der Waals surface area contributed by atoms with Crippen LogP contribution in [0.15, 0.2) is 17.5 Å². The zero-order chi connectivity index (χ0) is 18.0. The van der Waals surface area contributed by atoms with Crippen LogP contribution in [0.3, 0.4) is 0 Å². The monoisotopic (exact) mass is 385 g/mol. The number of sulfonamides is 1. The number of nitrogens with one attached hydrogen (secondary N) is 1. The molecule has 2 fully saturated rings. The van der Waals surface area contributed by atoms with Gasteiger partial charge in [-0.2, -0.15) is 0 Å². The van der Waals surface area contributed by atoms with Crippen LogP contribution in [0, 0.1) is 0 Å². The summed E-state index contributed by atoms with van der Waals surface area (Å²) in [7, 11) is -3.17. The number of hydrogen-bond acceptors (Lipinski definition) is 5. The lowest BCUT2D eigenvalue weighted by Gasteiger charge is -2.32. The van der Waals surface area contributed by atoms with Crippen LogP contribution >= 0.6 is 11.3 Å². The molecule has 2 aliphatic heterocycles. The summed E-state index contributed by atoms with van der Waals surface area (Å²) in [6.45, 7) is 1.44. The van der Waals surface area contributed by atoms with Gasteiger partial charge in [-0.05, 0) is 37.1 Å². The molecule has 2 aliphatic rings. The number of nitrogens with zero attached hydrogens (tertiary/aromatic N) is 2. The van der Waals surface area contributed by atoms with Crippen LogP contribution in [0.1, 0.15) is 35.4 Å². The van der Waals surface area contributed by atoms with E-state index in [9.17, 15) is 18.0 Å². The Bertz CT molecular complexity index is 725. The van der Waals surface area contributed by atoms with Crippen molar-refractivity contribution in [3.8, 4) is 0 Å². The van der Waals surface area contributed by atoms with Crippen molar-refractivity contribution in [2.24, 2.45) is 0 Å². The highest BCUT2D eigenvalue weighted by Gasteiger charge is 2.36. The van der Waals surface area contributed by atoms with E-state index >= 15 is 0 Å². The van der Waals surface area contributed by atoms with E-state index in [-0.39, 0.29) is 17.9 Å². The molecular formula is C16H23N3O4S2. The molecule has 1 aromatic heterocycles. The summed E-state index contributed by atoms with van der Waals surface area (Å²) in [5.41, 5.74) is 0. The Kier molecular flexibility index (Phi) is 5.45. The van der Waals surface area contributed by atoms with Gasteiger partial charge in [0.15, 0.2) is 0 Å². The fraction of sp³-hybridized carbons (Fsp3) is 0.625. The molecule has 2 saturated heterocycles. The number of likely N-dealkylation sites (tertiary alicyclic amines) is 1. The molecule has 1 unspecified atom stereocenters. The van der Waals surface area contributed by atoms with E-state index in [1.165, 1.54) is 21.9 Å². The Labute approximate surface area is 152 Å². The van der Waals surface area contributed by atoms with Gasteiger partial charge in [0.05, 0.1) is 11.1 Å². The van der Waals surface area contributed by atoms with Crippen molar-refractivity contribution in [1.82, 2.24) is 14.5 Å². The first-order valence-electron chi connectivity index (χ1n) is 8.46. The van der Waals surface area contributed by atoms with Gasteiger partial charge >= 0.3 is 0 Å². The Morgan fingerprint density at radius 1 is 1.20 bits per heavy atom. The van der Waals surface area contributed by atoms with Crippen molar-refractivity contribution in [3.05, 3.63) is 22.4 Å². The number of thiophene rings is 1. The van der Waals surface area contributed by atoms with Crippen molar-refractivity contribution >= 4 is 33.2 Å². The third-order valence-electron chi connectivity index (χ3n) is 4.82. The molecule has 3 heterocycles. The Morgan fingerprint density at radius 3 is 2.52 bits per heavy atom. The van der Waals surface area contributed by atoms with Gasteiger partial charge in [0.25, 0.3) is 5.91 Å². The molecule has 0 spiro atoms. The second kappa shape index (κ2) is 7.43. The largest absolute Gasteiger partial charge is 0.351 e. The summed E-state index contributed by atoms with van der Waals surface area (Å²) in [5, 5.41) is 4.87. The number of carbonyl (C=O) groups is 2. The minimum Gasteiger partial charge on any atom is -0.351 e. The maximum atomic E-state index is 12.6. The summed E-state index contributed by atoms with van der Waals surface area (Å²) < 4.78 is 24.5. The smallest absolute Gasteiger partial charge is 0.264 e. The van der Waals surface area contributed by atoms with Gasteiger partial charge in [0.1, 0.15) is 6.04 Å². The molecule has 0 bridgehead atoms. The lowest BCUT2D eigenvalue weighted by atomic mass is 10.1. The summed E-state index contributed by atoms with van der Waals surface area (Å²) >= 11 is 1.38. The quantitative estimate of drug-likeness (QED) is 0.834. The first kappa shape index (κ1) is 18.3. The van der Waals surface area contributed by atoms with Crippen molar-refractivity contribution < 1.29 is 18.0 Å². The topological polar surface area (TPSA) is 86.8 Å². The van der Waals surface area contributed by atoms with Gasteiger partial charge in [-0.1, -0.05) is 6.07 Å². The highest BCUT2D eigenvalue weighted by Crippen LogP contribution is 2.23. The second-order valence-corrected chi connectivity index (χ2v) is 9.51. The van der Waals surface area contributed by atoms with Crippen molar-refractivity contribution in [3.63, 3.8) is 0 Å². The molecule has 2 amide bonds. The van der Waals surface area contributed by atoms with Crippen LogP contribution < -0.4 is 5.32 Å². The van der Waals surface area contributed by atoms with Crippen LogP contribution in [0.25, 0.3) is 0 Å². The number of piperidine rings is 1. The van der Waals surface area contributed by atoms with E-state index in [1.54, 1.807) is 11.0 Å². The molecule has 1 aromatic rings. The maximum Gasteiger partial charge on any atom is 0.264 e. The van der Waals surface area contributed by atoms with E-state index in [2.05, 4.69) is 5.32 Å². The zero-order valence-electron chi connectivity index (χ0n) is 14.2. The number of hydrogen-bond donors (Lipinski definition) is 1. The van der Waals surface area contributed by atoms with E-state index < -0.39 is 16.1 Å². The standard InChI is InChI=1S/C16H23N3O4S2/c1-25(22,23)18-9-6-12(7-10-18)17-15(20)13-4-2-8-19(13)16(21)14-5-3-11-24-14/h3,5,11-13H,2,4,6-10H2,1H3,(H,17,20). The molecule has 138 valence electrons. The lowest BCUT2D eigenvalue weighted by molar-refractivity contribution is -0.125. The first-order chi connectivity index (χ1) is 11.9. The molecule has 0 aliphatic carbocycles. The third-order valence-corrected chi connectivity index (χ3v) is 6.98. The maximum absolute atomic E-state index is 12.6. The number of rotatable bonds is 4. The van der Waals surface area contributed by atoms with Gasteiger partial charge in [-0.25, -0.2) is 12.7 Å². The summed E-state index contributed by atoms with van der Waals surface area (Å²) in [6, 6.07) is 3.15. The van der Waals surface area contributed by atoms with Crippen molar-refractivity contribution in [1.29, 1.82) is 0 Å². The van der Waals surface area contributed by atoms with Crippen LogP contribution in [-0.2, 0) is 14.8 Å². The summed E-state index contributed by atoms with van der Waals surface area (Å²) in [6.07, 6.45) is 3.90. The van der Waals surface area contributed by atoms with Crippen LogP contribution in [-0.4, -0.2) is 67.4 Å². The first-order valence-corrected chi connectivity index (χ1v) is 11.2. The average molecular weight is 386 g/mol. The third kappa shape index (κ3) is 4.21. The molecule has 0 aromatic carbocycles. The Hall–Kier alpha value is -1.45. The molecule has 3 rings (SSSR count). The summed E-state index contributed by atoms with van der Waals surface area (Å²) in [4.78, 5) is 27.5. The highest BCUT2D eigenvalue weighted by molar-refractivity contribution is 7.88. The zero-order valence-corrected chi connectivity index (χ0v) is 15.8.